The van der Waals surface area contributed by atoms with E-state index in [0.717, 1.165) is 38.5 Å². The smallest absolute Gasteiger partial charge is 0.472 e. The van der Waals surface area contributed by atoms with Crippen LogP contribution in [0.5, 0.6) is 0 Å². The fourth-order valence-corrected chi connectivity index (χ4v) is 6.43. The highest BCUT2D eigenvalue weighted by molar-refractivity contribution is 7.47. The molecule has 0 aliphatic heterocycles. The molecule has 1 unspecified atom stereocenters. The number of hydrogen-bond donors (Lipinski definition) is 3. The van der Waals surface area contributed by atoms with Crippen molar-refractivity contribution >= 4 is 25.7 Å². The van der Waals surface area contributed by atoms with E-state index in [0.29, 0.717) is 12.8 Å². The van der Waals surface area contributed by atoms with Crippen molar-refractivity contribution in [3.63, 3.8) is 0 Å². The second-order valence-corrected chi connectivity index (χ2v) is 15.2. The Labute approximate surface area is 304 Å². The maximum Gasteiger partial charge on any atom is 0.472 e. The molecule has 0 aromatic carbocycles. The molecule has 0 saturated carbocycles. The van der Waals surface area contributed by atoms with Gasteiger partial charge in [0.25, 0.3) is 0 Å². The Balaban J connectivity index is 4.38. The number of phosphoric acid groups is 1. The van der Waals surface area contributed by atoms with E-state index in [4.69, 9.17) is 24.8 Å². The number of esters is 2. The van der Waals surface area contributed by atoms with Gasteiger partial charge in [0.05, 0.1) is 13.2 Å². The highest BCUT2D eigenvalue weighted by Crippen LogP contribution is 2.43. The summed E-state index contributed by atoms with van der Waals surface area (Å²) in [6.45, 7) is 2.81. The van der Waals surface area contributed by atoms with E-state index in [1.165, 1.54) is 116 Å². The van der Waals surface area contributed by atoms with Crippen molar-refractivity contribution in [1.82, 2.24) is 0 Å². The van der Waals surface area contributed by atoms with Gasteiger partial charge in [-0.1, -0.05) is 168 Å². The van der Waals surface area contributed by atoms with E-state index in [9.17, 15) is 23.8 Å². The van der Waals surface area contributed by atoms with E-state index in [1.54, 1.807) is 0 Å². The summed E-state index contributed by atoms with van der Waals surface area (Å²) in [5, 5.41) is 8.86. The van der Waals surface area contributed by atoms with Crippen LogP contribution in [0.4, 0.5) is 0 Å². The zero-order valence-electron chi connectivity index (χ0n) is 31.8. The van der Waals surface area contributed by atoms with Gasteiger partial charge < -0.3 is 25.2 Å². The molecule has 0 aliphatic carbocycles. The van der Waals surface area contributed by atoms with Crippen LogP contribution in [0, 0.1) is 0 Å². The lowest BCUT2D eigenvalue weighted by molar-refractivity contribution is -0.161. The second kappa shape index (κ2) is 34.6. The third kappa shape index (κ3) is 33.6. The van der Waals surface area contributed by atoms with Crippen LogP contribution >= 0.6 is 7.82 Å². The molecule has 3 atom stereocenters. The molecule has 11 nitrogen and oxygen atoms in total. The average Bonchev–Trinajstić information content (AvgIpc) is 3.09. The molecule has 0 aromatic heterocycles. The number of carbonyl (C=O) groups is 3. The lowest BCUT2D eigenvalue weighted by Gasteiger charge is -2.20. The number of aliphatic carboxylic acids is 1. The average molecular weight is 736 g/mol. The molecule has 0 rings (SSSR count). The number of hydrogen-bond acceptors (Lipinski definition) is 9. The van der Waals surface area contributed by atoms with Gasteiger partial charge in [-0.15, -0.1) is 0 Å². The Morgan fingerprint density at radius 3 is 1.26 bits per heavy atom. The molecule has 296 valence electrons. The summed E-state index contributed by atoms with van der Waals surface area (Å²) >= 11 is 0. The normalized spacial score (nSPS) is 13.8. The first-order valence-corrected chi connectivity index (χ1v) is 21.6. The maximum absolute atomic E-state index is 12.6. The second-order valence-electron chi connectivity index (χ2n) is 13.8. The summed E-state index contributed by atoms with van der Waals surface area (Å²) in [5.74, 6) is -2.36. The Kier molecular flexibility index (Phi) is 33.5. The zero-order chi connectivity index (χ0) is 37.1. The first-order valence-electron chi connectivity index (χ1n) is 20.1. The van der Waals surface area contributed by atoms with Gasteiger partial charge in [0, 0.05) is 12.8 Å². The van der Waals surface area contributed by atoms with Gasteiger partial charge in [0.15, 0.2) is 6.10 Å². The maximum atomic E-state index is 12.6. The number of carboxylic acid groups (broad SMARTS) is 1. The molecule has 0 radical (unpaired) electrons. The van der Waals surface area contributed by atoms with Crippen LogP contribution in [0.1, 0.15) is 194 Å². The Bertz CT molecular complexity index is 875. The number of rotatable bonds is 38. The molecule has 0 amide bonds. The monoisotopic (exact) mass is 736 g/mol. The van der Waals surface area contributed by atoms with Gasteiger partial charge in [-0.05, 0) is 12.8 Å². The van der Waals surface area contributed by atoms with Crippen LogP contribution in [0.2, 0.25) is 0 Å². The van der Waals surface area contributed by atoms with Crippen LogP contribution in [0.15, 0.2) is 0 Å². The van der Waals surface area contributed by atoms with E-state index < -0.39 is 51.1 Å². The molecule has 0 heterocycles. The first kappa shape index (κ1) is 48.5. The molecule has 0 aliphatic rings. The van der Waals surface area contributed by atoms with Crippen molar-refractivity contribution in [3.05, 3.63) is 0 Å². The zero-order valence-corrected chi connectivity index (χ0v) is 32.7. The fourth-order valence-electron chi connectivity index (χ4n) is 5.65. The fraction of sp³-hybridized carbons (Fsp3) is 0.921. The lowest BCUT2D eigenvalue weighted by Crippen LogP contribution is -2.34. The molecular formula is C38H74NO10P. The molecule has 50 heavy (non-hydrogen) atoms. The Morgan fingerprint density at radius 2 is 0.880 bits per heavy atom. The summed E-state index contributed by atoms with van der Waals surface area (Å²) in [5.41, 5.74) is 5.32. The van der Waals surface area contributed by atoms with Crippen LogP contribution in [-0.4, -0.2) is 59.9 Å². The minimum Gasteiger partial charge on any atom is -0.480 e. The molecule has 0 fully saturated rings. The predicted octanol–water partition coefficient (Wildman–Crippen LogP) is 9.95. The molecule has 0 spiro atoms. The van der Waals surface area contributed by atoms with E-state index in [2.05, 4.69) is 18.4 Å². The van der Waals surface area contributed by atoms with Gasteiger partial charge in [-0.2, -0.15) is 0 Å². The van der Waals surface area contributed by atoms with Crippen molar-refractivity contribution in [2.75, 3.05) is 19.8 Å². The topological polar surface area (TPSA) is 172 Å². The third-order valence-corrected chi connectivity index (χ3v) is 9.81. The van der Waals surface area contributed by atoms with Gasteiger partial charge in [-0.3, -0.25) is 23.4 Å². The van der Waals surface area contributed by atoms with Gasteiger partial charge >= 0.3 is 25.7 Å². The van der Waals surface area contributed by atoms with Crippen LogP contribution < -0.4 is 5.73 Å². The minimum atomic E-state index is -4.70. The van der Waals surface area contributed by atoms with Gasteiger partial charge in [0.2, 0.25) is 0 Å². The number of unbranched alkanes of at least 4 members (excludes halogenated alkanes) is 24. The lowest BCUT2D eigenvalue weighted by atomic mass is 10.0. The Hall–Kier alpha value is -1.52. The molecule has 0 saturated heterocycles. The summed E-state index contributed by atoms with van der Waals surface area (Å²) in [7, 11) is -4.70. The highest BCUT2D eigenvalue weighted by Gasteiger charge is 2.28. The van der Waals surface area contributed by atoms with E-state index in [1.807, 2.05) is 0 Å². The number of carboxylic acids is 1. The highest BCUT2D eigenvalue weighted by atomic mass is 31.2. The van der Waals surface area contributed by atoms with Crippen molar-refractivity contribution in [3.8, 4) is 0 Å². The van der Waals surface area contributed by atoms with E-state index >= 15 is 0 Å². The summed E-state index contributed by atoms with van der Waals surface area (Å²) in [6, 6.07) is -1.51. The van der Waals surface area contributed by atoms with Gasteiger partial charge in [-0.25, -0.2) is 4.57 Å². The molecule has 0 aromatic rings. The van der Waals surface area contributed by atoms with Crippen molar-refractivity contribution in [2.45, 2.75) is 206 Å². The summed E-state index contributed by atoms with van der Waals surface area (Å²) < 4.78 is 32.6. The molecule has 4 N–H and O–H groups in total. The summed E-state index contributed by atoms with van der Waals surface area (Å²) in [6.07, 6.45) is 30.2. The van der Waals surface area contributed by atoms with Crippen molar-refractivity contribution in [2.24, 2.45) is 5.73 Å². The Morgan fingerprint density at radius 1 is 0.540 bits per heavy atom. The number of phosphoric ester groups is 1. The van der Waals surface area contributed by atoms with Crippen LogP contribution in [-0.2, 0) is 37.5 Å². The summed E-state index contributed by atoms with van der Waals surface area (Å²) in [4.78, 5) is 45.8. The molecule has 12 heteroatoms. The SMILES string of the molecule is CCCCCCCCCCCCCCCC(=O)OC[C@H](COP(=O)(O)OC[C@H](N)C(=O)O)OC(=O)CCCCCCCCCCCCCCC. The van der Waals surface area contributed by atoms with Crippen LogP contribution in [0.25, 0.3) is 0 Å². The standard InChI is InChI=1S/C38H74NO10P/c1-3-5-7-9-11-13-15-17-19-21-23-25-27-29-36(40)46-31-34(32-47-50(44,45)48-33-35(39)38(42)43)49-37(41)30-28-26-24-22-20-18-16-14-12-10-8-6-4-2/h34-35H,3-33,39H2,1-2H3,(H,42,43)(H,44,45)/t34-,35+/m1/s1. The van der Waals surface area contributed by atoms with Crippen molar-refractivity contribution < 1.29 is 47.5 Å². The van der Waals surface area contributed by atoms with Gasteiger partial charge in [0.1, 0.15) is 12.6 Å². The first-order chi connectivity index (χ1) is 24.1. The number of nitrogens with two attached hydrogens (primary N) is 1. The third-order valence-electron chi connectivity index (χ3n) is 8.86. The number of carbonyl (C=O) groups excluding carboxylic acids is 2. The molecular weight excluding hydrogens is 661 g/mol. The quantitative estimate of drug-likeness (QED) is 0.0313. The van der Waals surface area contributed by atoms with E-state index in [-0.39, 0.29) is 19.4 Å². The van der Waals surface area contributed by atoms with Crippen molar-refractivity contribution in [1.29, 1.82) is 0 Å². The largest absolute Gasteiger partial charge is 0.480 e. The number of ether oxygens (including phenoxy) is 2. The van der Waals surface area contributed by atoms with Crippen LogP contribution in [0.3, 0.4) is 0 Å². The predicted molar refractivity (Wildman–Crippen MR) is 199 cm³/mol. The molecule has 0 bridgehead atoms. The minimum absolute atomic E-state index is 0.169.